The molecule has 1 fully saturated rings. The van der Waals surface area contributed by atoms with Gasteiger partial charge in [-0.15, -0.1) is 0 Å². The van der Waals surface area contributed by atoms with E-state index in [0.29, 0.717) is 18.6 Å². The van der Waals surface area contributed by atoms with Gasteiger partial charge in [-0.1, -0.05) is 30.3 Å². The third-order valence-electron chi connectivity index (χ3n) is 2.39. The summed E-state index contributed by atoms with van der Waals surface area (Å²) >= 11 is 0. The second kappa shape index (κ2) is 5.30. The van der Waals surface area contributed by atoms with Crippen LogP contribution in [0.1, 0.15) is 12.0 Å². The zero-order valence-corrected chi connectivity index (χ0v) is 9.22. The number of esters is 2. The molecule has 0 saturated carbocycles. The monoisotopic (exact) mass is 232 g/mol. The Bertz CT molecular complexity index is 448. The van der Waals surface area contributed by atoms with Crippen molar-refractivity contribution in [2.75, 3.05) is 6.61 Å². The van der Waals surface area contributed by atoms with Crippen molar-refractivity contribution in [1.82, 2.24) is 0 Å². The highest BCUT2D eigenvalue weighted by Crippen LogP contribution is 2.13. The summed E-state index contributed by atoms with van der Waals surface area (Å²) in [6.07, 6.45) is 1.89. The molecule has 17 heavy (non-hydrogen) atoms. The Morgan fingerprint density at radius 1 is 1.35 bits per heavy atom. The minimum absolute atomic E-state index is 0.194. The number of carbonyl (C=O) groups is 2. The van der Waals surface area contributed by atoms with Crippen molar-refractivity contribution in [3.05, 3.63) is 47.7 Å². The van der Waals surface area contributed by atoms with E-state index in [1.165, 1.54) is 6.26 Å². The maximum Gasteiger partial charge on any atom is 0.337 e. The fourth-order valence-electron chi connectivity index (χ4n) is 1.50. The fraction of sp³-hybridized carbons (Fsp3) is 0.231. The average molecular weight is 232 g/mol. The highest BCUT2D eigenvalue weighted by atomic mass is 16.5. The zero-order valence-electron chi connectivity index (χ0n) is 9.22. The predicted molar refractivity (Wildman–Crippen MR) is 59.9 cm³/mol. The molecule has 1 aliphatic rings. The predicted octanol–water partition coefficient (Wildman–Crippen LogP) is 1.60. The first-order valence-corrected chi connectivity index (χ1v) is 5.35. The van der Waals surface area contributed by atoms with E-state index in [4.69, 9.17) is 9.47 Å². The Balaban J connectivity index is 1.88. The normalized spacial score (nSPS) is 16.9. The van der Waals surface area contributed by atoms with Crippen molar-refractivity contribution in [2.45, 2.75) is 12.8 Å². The third kappa shape index (κ3) is 3.17. The lowest BCUT2D eigenvalue weighted by atomic mass is 10.2. The molecule has 1 saturated heterocycles. The standard InChI is InChI=1S/C13H12O4/c14-12(8-10-4-2-1-3-5-10)17-9-11-6-7-16-13(11)15/h1-5,9H,6-8H2/b11-9+. The number of rotatable bonds is 3. The highest BCUT2D eigenvalue weighted by molar-refractivity contribution is 5.90. The molecule has 0 N–H and O–H groups in total. The summed E-state index contributed by atoms with van der Waals surface area (Å²) in [6.45, 7) is 0.362. The van der Waals surface area contributed by atoms with Crippen LogP contribution < -0.4 is 0 Å². The number of benzene rings is 1. The Labute approximate surface area is 98.8 Å². The number of ether oxygens (including phenoxy) is 2. The van der Waals surface area contributed by atoms with Gasteiger partial charge in [0, 0.05) is 6.42 Å². The molecule has 1 heterocycles. The molecule has 4 nitrogen and oxygen atoms in total. The van der Waals surface area contributed by atoms with Gasteiger partial charge in [0.05, 0.1) is 18.6 Å². The minimum Gasteiger partial charge on any atom is -0.462 e. The second-order valence-corrected chi connectivity index (χ2v) is 3.68. The number of carbonyl (C=O) groups excluding carboxylic acids is 2. The Kier molecular flexibility index (Phi) is 3.55. The molecule has 1 aromatic rings. The molecule has 0 unspecified atom stereocenters. The first-order chi connectivity index (χ1) is 8.25. The van der Waals surface area contributed by atoms with Crippen molar-refractivity contribution >= 4 is 11.9 Å². The van der Waals surface area contributed by atoms with Gasteiger partial charge in [0.15, 0.2) is 0 Å². The molecule has 0 spiro atoms. The van der Waals surface area contributed by atoms with E-state index in [2.05, 4.69) is 0 Å². The van der Waals surface area contributed by atoms with Gasteiger partial charge in [-0.3, -0.25) is 4.79 Å². The van der Waals surface area contributed by atoms with Crippen LogP contribution in [0.3, 0.4) is 0 Å². The maximum absolute atomic E-state index is 11.5. The first-order valence-electron chi connectivity index (χ1n) is 5.35. The molecule has 0 atom stereocenters. The highest BCUT2D eigenvalue weighted by Gasteiger charge is 2.19. The summed E-state index contributed by atoms with van der Waals surface area (Å²) in [5.41, 5.74) is 1.29. The summed E-state index contributed by atoms with van der Waals surface area (Å²) in [4.78, 5) is 22.5. The minimum atomic E-state index is -0.405. The molecule has 88 valence electrons. The molecule has 4 heteroatoms. The second-order valence-electron chi connectivity index (χ2n) is 3.68. The summed E-state index contributed by atoms with van der Waals surface area (Å²) in [7, 11) is 0. The van der Waals surface area contributed by atoms with Crippen LogP contribution in [-0.4, -0.2) is 18.5 Å². The Hall–Kier alpha value is -2.10. The number of hydrogen-bond acceptors (Lipinski definition) is 4. The first kappa shape index (κ1) is 11.4. The van der Waals surface area contributed by atoms with Crippen LogP contribution >= 0.6 is 0 Å². The van der Waals surface area contributed by atoms with Crippen molar-refractivity contribution in [3.63, 3.8) is 0 Å². The largest absolute Gasteiger partial charge is 0.462 e. The summed E-state index contributed by atoms with van der Waals surface area (Å²) in [5, 5.41) is 0. The summed E-state index contributed by atoms with van der Waals surface area (Å²) < 4.78 is 9.62. The molecule has 0 aromatic heterocycles. The van der Waals surface area contributed by atoms with E-state index in [1.807, 2.05) is 30.3 Å². The molecule has 1 aromatic carbocycles. The van der Waals surface area contributed by atoms with Crippen LogP contribution in [0.2, 0.25) is 0 Å². The Morgan fingerprint density at radius 3 is 2.76 bits per heavy atom. The van der Waals surface area contributed by atoms with E-state index in [0.717, 1.165) is 5.56 Å². The van der Waals surface area contributed by atoms with E-state index in [1.54, 1.807) is 0 Å². The Morgan fingerprint density at radius 2 is 2.12 bits per heavy atom. The van der Waals surface area contributed by atoms with Gasteiger partial charge in [0.1, 0.15) is 6.26 Å². The van der Waals surface area contributed by atoms with Gasteiger partial charge < -0.3 is 9.47 Å². The van der Waals surface area contributed by atoms with Gasteiger partial charge in [-0.2, -0.15) is 0 Å². The van der Waals surface area contributed by atoms with E-state index >= 15 is 0 Å². The van der Waals surface area contributed by atoms with E-state index in [9.17, 15) is 9.59 Å². The van der Waals surface area contributed by atoms with Gasteiger partial charge in [-0.25, -0.2) is 4.79 Å². The lowest BCUT2D eigenvalue weighted by Crippen LogP contribution is -2.05. The summed E-state index contributed by atoms with van der Waals surface area (Å²) in [5.74, 6) is -0.791. The van der Waals surface area contributed by atoms with Crippen LogP contribution in [0.15, 0.2) is 42.2 Å². The van der Waals surface area contributed by atoms with Crippen LogP contribution in [0, 0.1) is 0 Å². The molecule has 0 bridgehead atoms. The zero-order chi connectivity index (χ0) is 12.1. The lowest BCUT2D eigenvalue weighted by Gasteiger charge is -2.00. The number of cyclic esters (lactones) is 1. The van der Waals surface area contributed by atoms with Crippen LogP contribution in [0.4, 0.5) is 0 Å². The third-order valence-corrected chi connectivity index (χ3v) is 2.39. The average Bonchev–Trinajstić information content (AvgIpc) is 2.74. The molecule has 2 rings (SSSR count). The van der Waals surface area contributed by atoms with E-state index in [-0.39, 0.29) is 12.4 Å². The van der Waals surface area contributed by atoms with Gasteiger partial charge >= 0.3 is 11.9 Å². The molecule has 1 aliphatic heterocycles. The van der Waals surface area contributed by atoms with Crippen LogP contribution in [-0.2, 0) is 25.5 Å². The van der Waals surface area contributed by atoms with Gasteiger partial charge in [0.25, 0.3) is 0 Å². The van der Waals surface area contributed by atoms with Crippen LogP contribution in [0.25, 0.3) is 0 Å². The van der Waals surface area contributed by atoms with Gasteiger partial charge in [-0.05, 0) is 5.56 Å². The lowest BCUT2D eigenvalue weighted by molar-refractivity contribution is -0.137. The van der Waals surface area contributed by atoms with Crippen molar-refractivity contribution < 1.29 is 19.1 Å². The molecule has 0 aliphatic carbocycles. The van der Waals surface area contributed by atoms with Crippen molar-refractivity contribution in [1.29, 1.82) is 0 Å². The molecular formula is C13H12O4. The van der Waals surface area contributed by atoms with Gasteiger partial charge in [0.2, 0.25) is 0 Å². The van der Waals surface area contributed by atoms with Crippen LogP contribution in [0.5, 0.6) is 0 Å². The molecular weight excluding hydrogens is 220 g/mol. The summed E-state index contributed by atoms with van der Waals surface area (Å²) in [6, 6.07) is 9.28. The smallest absolute Gasteiger partial charge is 0.337 e. The fourth-order valence-corrected chi connectivity index (χ4v) is 1.50. The van der Waals surface area contributed by atoms with Crippen molar-refractivity contribution in [2.24, 2.45) is 0 Å². The van der Waals surface area contributed by atoms with E-state index < -0.39 is 5.97 Å². The maximum atomic E-state index is 11.5. The molecule has 0 radical (unpaired) electrons. The quantitative estimate of drug-likeness (QED) is 0.451. The number of hydrogen-bond donors (Lipinski definition) is 0. The SMILES string of the molecule is O=C(Cc1ccccc1)O/C=C1\CCOC1=O. The molecule has 0 amide bonds. The topological polar surface area (TPSA) is 52.6 Å². The van der Waals surface area contributed by atoms with Crippen molar-refractivity contribution in [3.8, 4) is 0 Å².